The van der Waals surface area contributed by atoms with Crippen LogP contribution < -0.4 is 0 Å². The molecule has 0 heterocycles. The van der Waals surface area contributed by atoms with E-state index in [4.69, 9.17) is 8.85 Å². The van der Waals surface area contributed by atoms with Gasteiger partial charge in [0.2, 0.25) is 0 Å². The Balaban J connectivity index is 2.92. The number of hydrogen-bond acceptors (Lipinski definition) is 4. The molecule has 0 aromatic rings. The van der Waals surface area contributed by atoms with Gasteiger partial charge in [-0.25, -0.2) is 0 Å². The molecule has 8 heavy (non-hydrogen) atoms. The van der Waals surface area contributed by atoms with Crippen LogP contribution >= 0.6 is 25.3 Å². The first-order chi connectivity index (χ1) is 3.81. The summed E-state index contributed by atoms with van der Waals surface area (Å²) < 4.78 is 10.0. The zero-order valence-corrected chi connectivity index (χ0v) is 7.65. The van der Waals surface area contributed by atoms with Crippen LogP contribution in [0.15, 0.2) is 0 Å². The maximum absolute atomic E-state index is 5.01. The van der Waals surface area contributed by atoms with Crippen molar-refractivity contribution in [3.8, 4) is 0 Å². The van der Waals surface area contributed by atoms with Gasteiger partial charge in [0.05, 0.1) is 11.9 Å². The lowest BCUT2D eigenvalue weighted by Gasteiger charge is -2.06. The molecule has 50 valence electrons. The van der Waals surface area contributed by atoms with Crippen LogP contribution in [0.4, 0.5) is 0 Å². The lowest BCUT2D eigenvalue weighted by atomic mass is 11.7. The molecule has 5 heteroatoms. The normalized spacial score (nSPS) is 10.5. The van der Waals surface area contributed by atoms with Crippen molar-refractivity contribution in [2.24, 2.45) is 0 Å². The minimum atomic E-state index is -1.35. The predicted molar refractivity (Wildman–Crippen MR) is 42.9 cm³/mol. The molecule has 0 saturated carbocycles. The molecule has 0 aliphatic carbocycles. The average molecular weight is 170 g/mol. The Morgan fingerprint density at radius 2 is 1.62 bits per heavy atom. The molecule has 0 aromatic heterocycles. The van der Waals surface area contributed by atoms with E-state index < -0.39 is 9.28 Å². The molecule has 0 spiro atoms. The fraction of sp³-hybridized carbons (Fsp3) is 1.00. The third-order valence-electron chi connectivity index (χ3n) is 0.618. The topological polar surface area (TPSA) is 18.5 Å². The molecule has 0 bridgehead atoms. The van der Waals surface area contributed by atoms with Crippen LogP contribution in [-0.4, -0.2) is 21.2 Å². The van der Waals surface area contributed by atoms with Crippen molar-refractivity contribution in [2.45, 2.75) is 6.55 Å². The zero-order valence-electron chi connectivity index (χ0n) is 4.70. The average Bonchev–Trinajstić information content (AvgIpc) is 1.68. The first kappa shape index (κ1) is 8.84. The van der Waals surface area contributed by atoms with E-state index in [1.54, 1.807) is 0 Å². The Labute approximate surface area is 62.2 Å². The Bertz CT molecular complexity index is 48.5. The summed E-state index contributed by atoms with van der Waals surface area (Å²) >= 11 is 7.72. The molecule has 0 aromatic carbocycles. The molecule has 0 fully saturated rings. The summed E-state index contributed by atoms with van der Waals surface area (Å²) in [4.78, 5) is 0. The van der Waals surface area contributed by atoms with E-state index in [1.165, 1.54) is 0 Å². The van der Waals surface area contributed by atoms with Gasteiger partial charge in [0.15, 0.2) is 0 Å². The second-order valence-electron chi connectivity index (χ2n) is 1.16. The summed E-state index contributed by atoms with van der Waals surface area (Å²) in [7, 11) is -1.35. The van der Waals surface area contributed by atoms with Gasteiger partial charge < -0.3 is 8.85 Å². The van der Waals surface area contributed by atoms with Crippen LogP contribution in [0.2, 0.25) is 6.55 Å². The summed E-state index contributed by atoms with van der Waals surface area (Å²) in [5.74, 6) is 0.891. The van der Waals surface area contributed by atoms with E-state index in [1.807, 2.05) is 6.55 Å². The first-order valence-electron chi connectivity index (χ1n) is 2.26. The van der Waals surface area contributed by atoms with E-state index in [2.05, 4.69) is 25.3 Å². The largest absolute Gasteiger partial charge is 0.387 e. The molecule has 0 aliphatic rings. The number of hydrogen-bond donors (Lipinski definition) is 2. The summed E-state index contributed by atoms with van der Waals surface area (Å²) in [6.45, 7) is 1.94. The fourth-order valence-electron chi connectivity index (χ4n) is 0.258. The summed E-state index contributed by atoms with van der Waals surface area (Å²) in [5.41, 5.74) is 0. The fourth-order valence-corrected chi connectivity index (χ4v) is 2.03. The maximum Gasteiger partial charge on any atom is 0.319 e. The highest BCUT2D eigenvalue weighted by Gasteiger charge is 2.00. The Kier molecular flexibility index (Phi) is 6.59. The molecule has 2 nitrogen and oxygen atoms in total. The second kappa shape index (κ2) is 5.96. The van der Waals surface area contributed by atoms with Crippen LogP contribution in [-0.2, 0) is 8.85 Å². The van der Waals surface area contributed by atoms with Crippen molar-refractivity contribution in [1.29, 1.82) is 0 Å². The molecule has 0 radical (unpaired) electrons. The molecule has 0 amide bonds. The summed E-state index contributed by atoms with van der Waals surface area (Å²) in [6.07, 6.45) is 0. The van der Waals surface area contributed by atoms with Crippen LogP contribution in [0.25, 0.3) is 0 Å². The van der Waals surface area contributed by atoms with E-state index in [9.17, 15) is 0 Å². The molecule has 0 saturated heterocycles. The molecule has 0 rings (SSSR count). The van der Waals surface area contributed by atoms with Crippen LogP contribution in [0.3, 0.4) is 0 Å². The van der Waals surface area contributed by atoms with Crippen LogP contribution in [0.1, 0.15) is 0 Å². The van der Waals surface area contributed by atoms with Gasteiger partial charge in [0.1, 0.15) is 0 Å². The third kappa shape index (κ3) is 4.98. The van der Waals surface area contributed by atoms with E-state index >= 15 is 0 Å². The Morgan fingerprint density at radius 1 is 1.25 bits per heavy atom. The first-order valence-corrected chi connectivity index (χ1v) is 5.62. The molecule has 0 atom stereocenters. The Morgan fingerprint density at radius 3 is 1.88 bits per heavy atom. The summed E-state index contributed by atoms with van der Waals surface area (Å²) in [5, 5.41) is 0. The van der Waals surface area contributed by atoms with Crippen molar-refractivity contribution in [3.05, 3.63) is 0 Å². The van der Waals surface area contributed by atoms with Gasteiger partial charge in [-0.2, -0.15) is 25.3 Å². The van der Waals surface area contributed by atoms with Crippen molar-refractivity contribution < 1.29 is 8.85 Å². The lowest BCUT2D eigenvalue weighted by Crippen LogP contribution is -2.16. The monoisotopic (exact) mass is 170 g/mol. The highest BCUT2D eigenvalue weighted by atomic mass is 32.1. The quantitative estimate of drug-likeness (QED) is 0.366. The van der Waals surface area contributed by atoms with E-state index in [0.717, 1.165) is 0 Å². The van der Waals surface area contributed by atoms with E-state index in [0.29, 0.717) is 11.9 Å². The minimum Gasteiger partial charge on any atom is -0.387 e. The molecule has 0 aliphatic heterocycles. The molecule has 0 N–H and O–H groups in total. The van der Waals surface area contributed by atoms with Crippen molar-refractivity contribution in [2.75, 3.05) is 11.9 Å². The van der Waals surface area contributed by atoms with Crippen molar-refractivity contribution in [1.82, 2.24) is 0 Å². The van der Waals surface area contributed by atoms with Gasteiger partial charge in [-0.3, -0.25) is 0 Å². The molecular formula is C3H10O2S2Si. The smallest absolute Gasteiger partial charge is 0.319 e. The highest BCUT2D eigenvalue weighted by molar-refractivity contribution is 7.80. The van der Waals surface area contributed by atoms with E-state index in [-0.39, 0.29) is 0 Å². The van der Waals surface area contributed by atoms with Crippen LogP contribution in [0, 0.1) is 0 Å². The maximum atomic E-state index is 5.01. The predicted octanol–water partition coefficient (Wildman–Crippen LogP) is 0.644. The van der Waals surface area contributed by atoms with Crippen molar-refractivity contribution in [3.63, 3.8) is 0 Å². The number of rotatable bonds is 4. The Hall–Kier alpha value is 0.837. The summed E-state index contributed by atoms with van der Waals surface area (Å²) in [6, 6.07) is 0. The zero-order chi connectivity index (χ0) is 6.41. The second-order valence-corrected chi connectivity index (χ2v) is 3.48. The van der Waals surface area contributed by atoms with Gasteiger partial charge >= 0.3 is 9.28 Å². The lowest BCUT2D eigenvalue weighted by molar-refractivity contribution is 0.266. The highest BCUT2D eigenvalue weighted by Crippen LogP contribution is 1.90. The molecule has 0 unspecified atom stereocenters. The number of thiol groups is 2. The van der Waals surface area contributed by atoms with Crippen molar-refractivity contribution >= 4 is 34.5 Å². The van der Waals surface area contributed by atoms with Gasteiger partial charge in [0.25, 0.3) is 0 Å². The standard InChI is InChI=1S/C3H10O2S2Si/c1-8(4-2-6)5-3-7/h6-8H,2-3H2,1H3. The van der Waals surface area contributed by atoms with Crippen LogP contribution in [0.5, 0.6) is 0 Å². The van der Waals surface area contributed by atoms with Gasteiger partial charge in [0, 0.05) is 0 Å². The van der Waals surface area contributed by atoms with Gasteiger partial charge in [-0.05, 0) is 6.55 Å². The van der Waals surface area contributed by atoms with Gasteiger partial charge in [-0.1, -0.05) is 0 Å². The SMILES string of the molecule is C[SiH](OCS)OCS. The van der Waals surface area contributed by atoms with Gasteiger partial charge in [-0.15, -0.1) is 0 Å². The minimum absolute atomic E-state index is 0.446. The third-order valence-corrected chi connectivity index (χ3v) is 2.75. The molecular weight excluding hydrogens is 160 g/mol.